The molecule has 1 aliphatic heterocycles. The summed E-state index contributed by atoms with van der Waals surface area (Å²) in [6.07, 6.45) is 1.32. The molecule has 1 aliphatic rings. The third kappa shape index (κ3) is 4.85. The van der Waals surface area contributed by atoms with Crippen molar-refractivity contribution in [2.45, 2.75) is 53.8 Å². The Labute approximate surface area is 171 Å². The lowest BCUT2D eigenvalue weighted by Crippen LogP contribution is -2.30. The lowest BCUT2D eigenvalue weighted by Gasteiger charge is -2.32. The van der Waals surface area contributed by atoms with E-state index in [4.69, 9.17) is 11.6 Å². The highest BCUT2D eigenvalue weighted by atomic mass is 35.5. The number of hydrogen-bond acceptors (Lipinski definition) is 2. The molecule has 0 fully saturated rings. The predicted octanol–water partition coefficient (Wildman–Crippen LogP) is 6.06. The molecule has 2 aromatic carbocycles. The quantitative estimate of drug-likeness (QED) is 0.674. The minimum Gasteiger partial charge on any atom is -0.367 e. The summed E-state index contributed by atoms with van der Waals surface area (Å²) in [5.74, 6) is -0.0270. The Morgan fingerprint density at radius 3 is 2.61 bits per heavy atom. The van der Waals surface area contributed by atoms with Crippen molar-refractivity contribution in [2.75, 3.05) is 16.8 Å². The number of aryl methyl sites for hydroxylation is 1. The molecule has 0 atom stereocenters. The smallest absolute Gasteiger partial charge is 0.224 e. The zero-order valence-corrected chi connectivity index (χ0v) is 17.8. The van der Waals surface area contributed by atoms with E-state index in [1.54, 1.807) is 0 Å². The number of alkyl halides is 1. The molecule has 3 rings (SSSR count). The van der Waals surface area contributed by atoms with Crippen LogP contribution in [0.4, 0.5) is 15.8 Å². The zero-order chi connectivity index (χ0) is 20.5. The Morgan fingerprint density at radius 2 is 1.96 bits per heavy atom. The summed E-state index contributed by atoms with van der Waals surface area (Å²) < 4.78 is 12.9. The Bertz CT molecular complexity index is 866. The van der Waals surface area contributed by atoms with Crippen LogP contribution >= 0.6 is 11.6 Å². The molecule has 0 aromatic heterocycles. The Morgan fingerprint density at radius 1 is 1.21 bits per heavy atom. The number of fused-ring (bicyclic) bond motifs is 1. The SMILES string of the molecule is Cc1cc(N2CCc3cc(CF)ccc3C2)cc(Cl)c1NC(=O)CC(C)(C)C. The molecule has 2 aromatic rings. The fourth-order valence-corrected chi connectivity index (χ4v) is 3.95. The van der Waals surface area contributed by atoms with Gasteiger partial charge in [-0.2, -0.15) is 0 Å². The Hall–Kier alpha value is -2.07. The molecule has 1 N–H and O–H groups in total. The standard InChI is InChI=1S/C23H28ClFN2O/c1-15-9-19(11-20(24)22(15)26-21(28)12-23(2,3)4)27-8-7-17-10-16(13-25)5-6-18(17)14-27/h5-6,9-11H,7-8,12-14H2,1-4H3,(H,26,28). The lowest BCUT2D eigenvalue weighted by atomic mass is 9.92. The van der Waals surface area contributed by atoms with Crippen molar-refractivity contribution >= 4 is 28.9 Å². The second kappa shape index (κ2) is 8.12. The van der Waals surface area contributed by atoms with Crippen LogP contribution in [-0.4, -0.2) is 12.5 Å². The first kappa shape index (κ1) is 20.7. The molecule has 0 saturated heterocycles. The number of benzene rings is 2. The van der Waals surface area contributed by atoms with Crippen LogP contribution < -0.4 is 10.2 Å². The van der Waals surface area contributed by atoms with Crippen LogP contribution in [0.3, 0.4) is 0 Å². The van der Waals surface area contributed by atoms with Crippen LogP contribution in [0.1, 0.15) is 49.4 Å². The molecule has 0 aliphatic carbocycles. The van der Waals surface area contributed by atoms with Gasteiger partial charge in [0.25, 0.3) is 0 Å². The average Bonchev–Trinajstić information content (AvgIpc) is 2.62. The van der Waals surface area contributed by atoms with Crippen molar-refractivity contribution in [3.05, 3.63) is 57.6 Å². The van der Waals surface area contributed by atoms with E-state index < -0.39 is 6.67 Å². The summed E-state index contributed by atoms with van der Waals surface area (Å²) in [6.45, 7) is 9.28. The first-order valence-electron chi connectivity index (χ1n) is 9.68. The van der Waals surface area contributed by atoms with Crippen LogP contribution in [0.25, 0.3) is 0 Å². The molecular formula is C23H28ClFN2O. The van der Waals surface area contributed by atoms with Gasteiger partial charge < -0.3 is 10.2 Å². The summed E-state index contributed by atoms with van der Waals surface area (Å²) in [5.41, 5.74) is 5.78. The number of nitrogens with one attached hydrogen (secondary N) is 1. The van der Waals surface area contributed by atoms with Crippen molar-refractivity contribution in [1.82, 2.24) is 0 Å². The summed E-state index contributed by atoms with van der Waals surface area (Å²) in [6, 6.07) is 9.83. The second-order valence-corrected chi connectivity index (χ2v) is 9.22. The van der Waals surface area contributed by atoms with Crippen molar-refractivity contribution in [1.29, 1.82) is 0 Å². The van der Waals surface area contributed by atoms with Gasteiger partial charge in [0.05, 0.1) is 10.7 Å². The van der Waals surface area contributed by atoms with Gasteiger partial charge in [0.2, 0.25) is 5.91 Å². The van der Waals surface area contributed by atoms with E-state index in [1.807, 2.05) is 52.0 Å². The molecule has 28 heavy (non-hydrogen) atoms. The van der Waals surface area contributed by atoms with Crippen LogP contribution in [0.2, 0.25) is 5.02 Å². The van der Waals surface area contributed by atoms with Crippen molar-refractivity contribution < 1.29 is 9.18 Å². The molecule has 0 unspecified atom stereocenters. The highest BCUT2D eigenvalue weighted by Crippen LogP contribution is 2.34. The molecule has 0 saturated carbocycles. The molecule has 0 bridgehead atoms. The number of carbonyl (C=O) groups is 1. The average molecular weight is 403 g/mol. The molecule has 150 valence electrons. The van der Waals surface area contributed by atoms with Gasteiger partial charge in [-0.15, -0.1) is 0 Å². The summed E-state index contributed by atoms with van der Waals surface area (Å²) in [7, 11) is 0. The highest BCUT2D eigenvalue weighted by Gasteiger charge is 2.21. The van der Waals surface area contributed by atoms with E-state index in [9.17, 15) is 9.18 Å². The topological polar surface area (TPSA) is 32.3 Å². The number of anilines is 2. The third-order valence-electron chi connectivity index (χ3n) is 5.03. The monoisotopic (exact) mass is 402 g/mol. The Balaban J connectivity index is 1.78. The van der Waals surface area contributed by atoms with Crippen LogP contribution in [0.15, 0.2) is 30.3 Å². The number of nitrogens with zero attached hydrogens (tertiary/aromatic N) is 1. The predicted molar refractivity (Wildman–Crippen MR) is 115 cm³/mol. The zero-order valence-electron chi connectivity index (χ0n) is 17.0. The maximum Gasteiger partial charge on any atom is 0.224 e. The maximum absolute atomic E-state index is 12.9. The fraction of sp³-hybridized carbons (Fsp3) is 0.435. The number of amides is 1. The Kier molecular flexibility index (Phi) is 5.99. The molecule has 0 spiro atoms. The molecular weight excluding hydrogens is 375 g/mol. The lowest BCUT2D eigenvalue weighted by molar-refractivity contribution is -0.117. The minimum absolute atomic E-state index is 0.0270. The summed E-state index contributed by atoms with van der Waals surface area (Å²) >= 11 is 6.53. The van der Waals surface area contributed by atoms with Crippen LogP contribution in [0.5, 0.6) is 0 Å². The van der Waals surface area contributed by atoms with E-state index in [2.05, 4.69) is 16.3 Å². The maximum atomic E-state index is 12.9. The number of hydrogen-bond donors (Lipinski definition) is 1. The van der Waals surface area contributed by atoms with E-state index in [0.29, 0.717) is 17.1 Å². The van der Waals surface area contributed by atoms with Gasteiger partial charge in [0.1, 0.15) is 6.67 Å². The van der Waals surface area contributed by atoms with Gasteiger partial charge in [0.15, 0.2) is 0 Å². The summed E-state index contributed by atoms with van der Waals surface area (Å²) in [4.78, 5) is 14.6. The molecule has 1 amide bonds. The van der Waals surface area contributed by atoms with Gasteiger partial charge in [-0.05, 0) is 53.1 Å². The molecule has 1 heterocycles. The fourth-order valence-electron chi connectivity index (χ4n) is 3.64. The molecule has 5 heteroatoms. The molecule has 0 radical (unpaired) electrons. The van der Waals surface area contributed by atoms with Crippen molar-refractivity contribution in [2.24, 2.45) is 5.41 Å². The van der Waals surface area contributed by atoms with Gasteiger partial charge in [0, 0.05) is 25.2 Å². The minimum atomic E-state index is -0.422. The normalized spacial score (nSPS) is 14.0. The second-order valence-electron chi connectivity index (χ2n) is 8.81. The van der Waals surface area contributed by atoms with Crippen LogP contribution in [-0.2, 0) is 24.4 Å². The number of halogens is 2. The largest absolute Gasteiger partial charge is 0.367 e. The van der Waals surface area contributed by atoms with E-state index in [0.717, 1.165) is 36.3 Å². The van der Waals surface area contributed by atoms with E-state index in [1.165, 1.54) is 11.1 Å². The van der Waals surface area contributed by atoms with Crippen molar-refractivity contribution in [3.8, 4) is 0 Å². The van der Waals surface area contributed by atoms with Crippen LogP contribution in [0, 0.1) is 12.3 Å². The van der Waals surface area contributed by atoms with E-state index in [-0.39, 0.29) is 11.3 Å². The first-order valence-corrected chi connectivity index (χ1v) is 10.1. The van der Waals surface area contributed by atoms with Gasteiger partial charge in [-0.25, -0.2) is 4.39 Å². The highest BCUT2D eigenvalue weighted by molar-refractivity contribution is 6.34. The van der Waals surface area contributed by atoms with Gasteiger partial charge >= 0.3 is 0 Å². The molecule has 3 nitrogen and oxygen atoms in total. The van der Waals surface area contributed by atoms with E-state index >= 15 is 0 Å². The summed E-state index contributed by atoms with van der Waals surface area (Å²) in [5, 5.41) is 3.52. The number of rotatable bonds is 4. The third-order valence-corrected chi connectivity index (χ3v) is 5.33. The first-order chi connectivity index (χ1) is 13.2. The number of carbonyl (C=O) groups excluding carboxylic acids is 1. The van der Waals surface area contributed by atoms with Crippen molar-refractivity contribution in [3.63, 3.8) is 0 Å². The van der Waals surface area contributed by atoms with Gasteiger partial charge in [-0.1, -0.05) is 50.6 Å². The van der Waals surface area contributed by atoms with Gasteiger partial charge in [-0.3, -0.25) is 4.79 Å².